The normalized spacial score (nSPS) is 16.3. The van der Waals surface area contributed by atoms with Gasteiger partial charge < -0.3 is 5.73 Å². The molecule has 0 radical (unpaired) electrons. The molecule has 0 unspecified atom stereocenters. The van der Waals surface area contributed by atoms with Crippen LogP contribution in [0.25, 0.3) is 0 Å². The number of sulfonamides is 1. The number of aryl methyl sites for hydroxylation is 1. The number of nitrogens with two attached hydrogens (primary N) is 1. The van der Waals surface area contributed by atoms with Gasteiger partial charge in [0.25, 0.3) is 0 Å². The molecule has 0 aromatic carbocycles. The molecule has 0 amide bonds. The lowest BCUT2D eigenvalue weighted by Gasteiger charge is -2.23. The lowest BCUT2D eigenvalue weighted by atomic mass is 10.1. The summed E-state index contributed by atoms with van der Waals surface area (Å²) in [5, 5.41) is 6.74. The van der Waals surface area contributed by atoms with Crippen molar-refractivity contribution in [3.63, 3.8) is 0 Å². The number of nitrogens with one attached hydrogen (secondary N) is 1. The highest BCUT2D eigenvalue weighted by molar-refractivity contribution is 7.89. The first-order chi connectivity index (χ1) is 9.37. The fourth-order valence-electron chi connectivity index (χ4n) is 2.31. The molecule has 0 saturated heterocycles. The molecule has 0 aliphatic heterocycles. The monoisotopic (exact) mass is 300 g/mol. The van der Waals surface area contributed by atoms with Crippen LogP contribution in [0, 0.1) is 12.8 Å². The Morgan fingerprint density at radius 2 is 2.10 bits per heavy atom. The molecule has 7 heteroatoms. The van der Waals surface area contributed by atoms with Crippen LogP contribution in [0.15, 0.2) is 4.90 Å². The quantitative estimate of drug-likeness (QED) is 0.795. The van der Waals surface area contributed by atoms with Crippen molar-refractivity contribution in [2.24, 2.45) is 11.7 Å². The largest absolute Gasteiger partial charge is 0.325 e. The van der Waals surface area contributed by atoms with Crippen LogP contribution in [0.1, 0.15) is 44.5 Å². The van der Waals surface area contributed by atoms with E-state index in [1.165, 1.54) is 0 Å². The van der Waals surface area contributed by atoms with E-state index in [0.717, 1.165) is 19.3 Å². The van der Waals surface area contributed by atoms with Crippen LogP contribution in [0.4, 0.5) is 0 Å². The predicted octanol–water partition coefficient (Wildman–Crippen LogP) is 1.38. The van der Waals surface area contributed by atoms with Crippen molar-refractivity contribution in [2.45, 2.75) is 57.5 Å². The van der Waals surface area contributed by atoms with E-state index in [9.17, 15) is 8.42 Å². The van der Waals surface area contributed by atoms with Crippen molar-refractivity contribution in [1.82, 2.24) is 14.5 Å². The van der Waals surface area contributed by atoms with Crippen LogP contribution in [-0.4, -0.2) is 35.5 Å². The molecule has 2 rings (SSSR count). The molecule has 1 heterocycles. The molecule has 1 fully saturated rings. The molecule has 3 N–H and O–H groups in total. The van der Waals surface area contributed by atoms with E-state index >= 15 is 0 Å². The zero-order valence-electron chi connectivity index (χ0n) is 12.4. The van der Waals surface area contributed by atoms with Crippen molar-refractivity contribution >= 4 is 10.0 Å². The van der Waals surface area contributed by atoms with Gasteiger partial charge in [0.05, 0.1) is 11.4 Å². The summed E-state index contributed by atoms with van der Waals surface area (Å²) in [4.78, 5) is 0.274. The van der Waals surface area contributed by atoms with Gasteiger partial charge in [-0.25, -0.2) is 8.42 Å². The number of rotatable bonds is 7. The van der Waals surface area contributed by atoms with Gasteiger partial charge in [0.15, 0.2) is 0 Å². The van der Waals surface area contributed by atoms with Gasteiger partial charge in [-0.05, 0) is 32.1 Å². The van der Waals surface area contributed by atoms with Gasteiger partial charge >= 0.3 is 0 Å². The van der Waals surface area contributed by atoms with Crippen LogP contribution < -0.4 is 5.73 Å². The first-order valence-corrected chi connectivity index (χ1v) is 8.57. The van der Waals surface area contributed by atoms with Crippen LogP contribution in [0.2, 0.25) is 0 Å². The van der Waals surface area contributed by atoms with Crippen molar-refractivity contribution in [2.75, 3.05) is 6.54 Å². The van der Waals surface area contributed by atoms with Crippen molar-refractivity contribution in [3.05, 3.63) is 11.4 Å². The third-order valence-electron chi connectivity index (χ3n) is 3.60. The minimum Gasteiger partial charge on any atom is -0.325 e. The lowest BCUT2D eigenvalue weighted by molar-refractivity contribution is 0.373. The summed E-state index contributed by atoms with van der Waals surface area (Å²) in [5.74, 6) is 0.478. The van der Waals surface area contributed by atoms with Gasteiger partial charge in [-0.2, -0.15) is 9.40 Å². The van der Waals surface area contributed by atoms with E-state index in [1.54, 1.807) is 11.2 Å². The predicted molar refractivity (Wildman–Crippen MR) is 77.6 cm³/mol. The third-order valence-corrected chi connectivity index (χ3v) is 5.76. The molecule has 20 heavy (non-hydrogen) atoms. The maximum absolute atomic E-state index is 12.9. The summed E-state index contributed by atoms with van der Waals surface area (Å²) in [5.41, 5.74) is 6.61. The van der Waals surface area contributed by atoms with E-state index in [0.29, 0.717) is 23.9 Å². The van der Waals surface area contributed by atoms with Crippen molar-refractivity contribution in [3.8, 4) is 0 Å². The minimum atomic E-state index is -3.50. The number of hydrogen-bond acceptors (Lipinski definition) is 4. The van der Waals surface area contributed by atoms with Crippen molar-refractivity contribution in [1.29, 1.82) is 0 Å². The number of aromatic amines is 1. The zero-order valence-corrected chi connectivity index (χ0v) is 13.2. The average molecular weight is 300 g/mol. The van der Waals surface area contributed by atoms with Crippen LogP contribution in [0.3, 0.4) is 0 Å². The Bertz CT molecular complexity index is 561. The Morgan fingerprint density at radius 1 is 1.45 bits per heavy atom. The Hall–Kier alpha value is -0.920. The maximum atomic E-state index is 12.9. The Balaban J connectivity index is 2.32. The summed E-state index contributed by atoms with van der Waals surface area (Å²) < 4.78 is 27.4. The molecule has 0 spiro atoms. The van der Waals surface area contributed by atoms with Gasteiger partial charge in [-0.15, -0.1) is 0 Å². The highest BCUT2D eigenvalue weighted by Crippen LogP contribution is 2.34. The molecule has 1 saturated carbocycles. The van der Waals surface area contributed by atoms with E-state index in [4.69, 9.17) is 5.73 Å². The first-order valence-electron chi connectivity index (χ1n) is 7.13. The molecule has 1 aliphatic carbocycles. The Labute approximate surface area is 120 Å². The highest BCUT2D eigenvalue weighted by Gasteiger charge is 2.40. The second-order valence-corrected chi connectivity index (χ2v) is 7.69. The van der Waals surface area contributed by atoms with Gasteiger partial charge in [0, 0.05) is 19.1 Å². The topological polar surface area (TPSA) is 92.1 Å². The van der Waals surface area contributed by atoms with Crippen LogP contribution in [0.5, 0.6) is 0 Å². The SMILES string of the molecule is Cc1[nH]nc(CN)c1S(=O)(=O)N(CCC(C)C)C1CC1. The minimum absolute atomic E-state index is 0.127. The van der Waals surface area contributed by atoms with Crippen molar-refractivity contribution < 1.29 is 8.42 Å². The number of aromatic nitrogens is 2. The molecule has 1 aromatic rings. The molecule has 6 nitrogen and oxygen atoms in total. The first kappa shape index (κ1) is 15.5. The van der Waals surface area contributed by atoms with E-state index < -0.39 is 10.0 Å². The number of hydrogen-bond donors (Lipinski definition) is 2. The summed E-state index contributed by atoms with van der Waals surface area (Å²) in [6.07, 6.45) is 2.77. The Morgan fingerprint density at radius 3 is 2.60 bits per heavy atom. The van der Waals surface area contributed by atoms with Gasteiger partial charge in [-0.3, -0.25) is 5.10 Å². The standard InChI is InChI=1S/C13H24N4O2S/c1-9(2)6-7-17(11-4-5-11)20(18,19)13-10(3)15-16-12(13)8-14/h9,11H,4-8,14H2,1-3H3,(H,15,16). The lowest BCUT2D eigenvalue weighted by Crippen LogP contribution is -2.35. The second kappa shape index (κ2) is 5.83. The average Bonchev–Trinajstić information content (AvgIpc) is 3.10. The molecule has 0 bridgehead atoms. The highest BCUT2D eigenvalue weighted by atomic mass is 32.2. The molecular formula is C13H24N4O2S. The molecule has 0 atom stereocenters. The second-order valence-electron chi connectivity index (χ2n) is 5.86. The summed E-state index contributed by atoms with van der Waals surface area (Å²) in [6.45, 7) is 6.63. The van der Waals surface area contributed by atoms with Gasteiger partial charge in [0.2, 0.25) is 10.0 Å². The molecule has 114 valence electrons. The van der Waals surface area contributed by atoms with Gasteiger partial charge in [0.1, 0.15) is 4.90 Å². The summed E-state index contributed by atoms with van der Waals surface area (Å²) >= 11 is 0. The zero-order chi connectivity index (χ0) is 14.9. The summed E-state index contributed by atoms with van der Waals surface area (Å²) in [6, 6.07) is 0.152. The maximum Gasteiger partial charge on any atom is 0.247 e. The summed E-state index contributed by atoms with van der Waals surface area (Å²) in [7, 11) is -3.50. The number of nitrogens with zero attached hydrogens (tertiary/aromatic N) is 2. The molecule has 1 aromatic heterocycles. The smallest absolute Gasteiger partial charge is 0.247 e. The fraction of sp³-hybridized carbons (Fsp3) is 0.769. The molecular weight excluding hydrogens is 276 g/mol. The number of H-pyrrole nitrogens is 1. The van der Waals surface area contributed by atoms with E-state index in [2.05, 4.69) is 24.0 Å². The van der Waals surface area contributed by atoms with Gasteiger partial charge in [-0.1, -0.05) is 13.8 Å². The Kier molecular flexibility index (Phi) is 4.51. The molecule has 1 aliphatic rings. The van der Waals surface area contributed by atoms with Crippen LogP contribution >= 0.6 is 0 Å². The fourth-order valence-corrected chi connectivity index (χ4v) is 4.36. The van der Waals surface area contributed by atoms with E-state index in [1.807, 2.05) is 0 Å². The van der Waals surface area contributed by atoms with E-state index in [-0.39, 0.29) is 17.5 Å². The third kappa shape index (κ3) is 3.05. The van der Waals surface area contributed by atoms with Crippen LogP contribution in [-0.2, 0) is 16.6 Å².